The Labute approximate surface area is 175 Å². The van der Waals surface area contributed by atoms with Crippen LogP contribution >= 0.6 is 0 Å². The summed E-state index contributed by atoms with van der Waals surface area (Å²) >= 11 is 0. The van der Waals surface area contributed by atoms with E-state index < -0.39 is 10.2 Å². The number of carbonyl (C=O) groups is 1. The van der Waals surface area contributed by atoms with E-state index in [1.165, 1.54) is 0 Å². The van der Waals surface area contributed by atoms with Crippen molar-refractivity contribution in [3.05, 3.63) is 53.9 Å². The van der Waals surface area contributed by atoms with E-state index in [-0.39, 0.29) is 17.7 Å². The lowest BCUT2D eigenvalue weighted by Gasteiger charge is -2.33. The van der Waals surface area contributed by atoms with E-state index in [4.69, 9.17) is 10.5 Å². The fourth-order valence-electron chi connectivity index (χ4n) is 3.76. The second-order valence-electron chi connectivity index (χ2n) is 7.42. The summed E-state index contributed by atoms with van der Waals surface area (Å²) in [6.07, 6.45) is 5.59. The predicted molar refractivity (Wildman–Crippen MR) is 112 cm³/mol. The average Bonchev–Trinajstić information content (AvgIpc) is 2.72. The lowest BCUT2D eigenvalue weighted by Crippen LogP contribution is -2.42. The van der Waals surface area contributed by atoms with Gasteiger partial charge in [0.1, 0.15) is 5.75 Å². The highest BCUT2D eigenvalue weighted by Crippen LogP contribution is 2.31. The third kappa shape index (κ3) is 4.54. The zero-order valence-corrected chi connectivity index (χ0v) is 17.1. The second-order valence-corrected chi connectivity index (χ2v) is 8.76. The molecule has 9 nitrogen and oxygen atoms in total. The van der Waals surface area contributed by atoms with Gasteiger partial charge in [-0.05, 0) is 42.7 Å². The van der Waals surface area contributed by atoms with Crippen molar-refractivity contribution < 1.29 is 17.9 Å². The van der Waals surface area contributed by atoms with Crippen LogP contribution in [0.1, 0.15) is 24.0 Å². The number of hydrogen-bond acceptors (Lipinski definition) is 6. The topological polar surface area (TPSA) is 127 Å². The van der Waals surface area contributed by atoms with Gasteiger partial charge in [-0.25, -0.2) is 0 Å². The number of nitrogens with one attached hydrogen (secondary N) is 1. The first-order chi connectivity index (χ1) is 14.4. The molecule has 2 aliphatic heterocycles. The van der Waals surface area contributed by atoms with E-state index in [0.29, 0.717) is 36.6 Å². The van der Waals surface area contributed by atoms with E-state index in [1.54, 1.807) is 30.6 Å². The van der Waals surface area contributed by atoms with Crippen molar-refractivity contribution in [3.8, 4) is 5.75 Å². The van der Waals surface area contributed by atoms with Gasteiger partial charge in [-0.2, -0.15) is 8.42 Å². The molecule has 1 aromatic carbocycles. The number of amidine groups is 1. The van der Waals surface area contributed by atoms with Crippen LogP contribution in [0.3, 0.4) is 0 Å². The molecule has 0 radical (unpaired) electrons. The molecular formula is C20H23N5O4S. The maximum Gasteiger partial charge on any atom is 0.344 e. The summed E-state index contributed by atoms with van der Waals surface area (Å²) in [5.74, 6) is 0.636. The third-order valence-electron chi connectivity index (χ3n) is 5.19. The summed E-state index contributed by atoms with van der Waals surface area (Å²) in [5, 5.41) is 0. The fraction of sp³-hybridized carbons (Fsp3) is 0.350. The van der Waals surface area contributed by atoms with Gasteiger partial charge in [-0.3, -0.25) is 14.5 Å². The number of fused-ring (bicyclic) bond motifs is 1. The molecule has 0 saturated carbocycles. The lowest BCUT2D eigenvalue weighted by atomic mass is 9.98. The number of benzene rings is 1. The van der Waals surface area contributed by atoms with Crippen molar-refractivity contribution in [1.82, 2.24) is 9.88 Å². The molecule has 158 valence electrons. The molecule has 1 fully saturated rings. The Hall–Kier alpha value is -3.14. The molecule has 3 N–H and O–H groups in total. The Morgan fingerprint density at radius 2 is 2.07 bits per heavy atom. The minimum atomic E-state index is -3.83. The first kappa shape index (κ1) is 20.1. The van der Waals surface area contributed by atoms with E-state index in [1.807, 2.05) is 17.0 Å². The highest BCUT2D eigenvalue weighted by molar-refractivity contribution is 7.91. The first-order valence-corrected chi connectivity index (χ1v) is 11.2. The summed E-state index contributed by atoms with van der Waals surface area (Å²) in [7, 11) is -3.83. The molecule has 2 aromatic rings. The van der Waals surface area contributed by atoms with Gasteiger partial charge in [0.15, 0.2) is 5.84 Å². The van der Waals surface area contributed by atoms with Crippen molar-refractivity contribution in [3.63, 3.8) is 0 Å². The number of hydrogen-bond donors (Lipinski definition) is 2. The average molecular weight is 430 g/mol. The summed E-state index contributed by atoms with van der Waals surface area (Å²) in [6.45, 7) is 1.76. The minimum absolute atomic E-state index is 0.0915. The highest BCUT2D eigenvalue weighted by atomic mass is 32.2. The number of ether oxygens (including phenoxy) is 1. The number of amides is 1. The van der Waals surface area contributed by atoms with Gasteiger partial charge < -0.3 is 15.4 Å². The number of likely N-dealkylation sites (tertiary alicyclic amines) is 1. The van der Waals surface area contributed by atoms with Crippen molar-refractivity contribution in [1.29, 1.82) is 0 Å². The Morgan fingerprint density at radius 1 is 1.27 bits per heavy atom. The Balaban J connectivity index is 1.40. The van der Waals surface area contributed by atoms with Crippen LogP contribution in [0.2, 0.25) is 0 Å². The number of anilines is 1. The lowest BCUT2D eigenvalue weighted by molar-refractivity contribution is -0.132. The number of carbonyl (C=O) groups excluding carboxylic acids is 1. The largest absolute Gasteiger partial charge is 0.492 e. The molecule has 0 bridgehead atoms. The number of rotatable bonds is 5. The molecular weight excluding hydrogens is 406 g/mol. The smallest absolute Gasteiger partial charge is 0.344 e. The van der Waals surface area contributed by atoms with Gasteiger partial charge in [0.2, 0.25) is 5.91 Å². The number of nitrogens with zero attached hydrogens (tertiary/aromatic N) is 3. The molecule has 30 heavy (non-hydrogen) atoms. The van der Waals surface area contributed by atoms with Gasteiger partial charge in [-0.15, -0.1) is 4.40 Å². The highest BCUT2D eigenvalue weighted by Gasteiger charge is 2.27. The normalized spacial score (nSPS) is 19.9. The molecule has 1 saturated heterocycles. The molecule has 1 amide bonds. The van der Waals surface area contributed by atoms with Crippen LogP contribution in [0, 0.1) is 5.92 Å². The van der Waals surface area contributed by atoms with E-state index in [2.05, 4.69) is 14.1 Å². The summed E-state index contributed by atoms with van der Waals surface area (Å²) < 4.78 is 35.3. The number of nitrogens with two attached hydrogens (primary N) is 1. The van der Waals surface area contributed by atoms with Gasteiger partial charge in [-0.1, -0.05) is 6.07 Å². The molecule has 10 heteroatoms. The van der Waals surface area contributed by atoms with Crippen molar-refractivity contribution >= 4 is 27.6 Å². The van der Waals surface area contributed by atoms with Gasteiger partial charge in [0.05, 0.1) is 24.3 Å². The van der Waals surface area contributed by atoms with Crippen LogP contribution < -0.4 is 15.2 Å². The molecule has 4 rings (SSSR count). The number of aromatic nitrogens is 1. The van der Waals surface area contributed by atoms with Crippen LogP contribution in [0.25, 0.3) is 0 Å². The fourth-order valence-corrected chi connectivity index (χ4v) is 4.60. The third-order valence-corrected chi connectivity index (χ3v) is 6.11. The summed E-state index contributed by atoms with van der Waals surface area (Å²) in [4.78, 5) is 18.5. The predicted octanol–water partition coefficient (Wildman–Crippen LogP) is 1.32. The summed E-state index contributed by atoms with van der Waals surface area (Å²) in [6, 6.07) is 8.74. The molecule has 3 heterocycles. The zero-order chi connectivity index (χ0) is 21.1. The van der Waals surface area contributed by atoms with Crippen molar-refractivity contribution in [2.24, 2.45) is 16.0 Å². The van der Waals surface area contributed by atoms with Crippen LogP contribution in [-0.4, -0.2) is 49.7 Å². The maximum atomic E-state index is 12.7. The second kappa shape index (κ2) is 8.31. The van der Waals surface area contributed by atoms with E-state index in [0.717, 1.165) is 24.9 Å². The van der Waals surface area contributed by atoms with E-state index in [9.17, 15) is 13.2 Å². The zero-order valence-electron chi connectivity index (χ0n) is 16.3. The Kier molecular flexibility index (Phi) is 5.58. The van der Waals surface area contributed by atoms with E-state index >= 15 is 0 Å². The SMILES string of the molecule is NC1=NS(=O)(=O)Nc2cccc(OC[C@H]3CCCN(C(=O)Cc4ccncc4)C3)c21. The number of pyridine rings is 1. The molecule has 0 unspecified atom stereocenters. The van der Waals surface area contributed by atoms with Gasteiger partial charge in [0.25, 0.3) is 0 Å². The maximum absolute atomic E-state index is 12.7. The first-order valence-electron chi connectivity index (χ1n) is 9.72. The molecule has 2 aliphatic rings. The summed E-state index contributed by atoms with van der Waals surface area (Å²) in [5.41, 5.74) is 7.59. The Morgan fingerprint density at radius 3 is 2.87 bits per heavy atom. The number of piperidine rings is 1. The van der Waals surface area contributed by atoms with Crippen LogP contribution in [-0.2, 0) is 21.4 Å². The van der Waals surface area contributed by atoms with Crippen molar-refractivity contribution in [2.75, 3.05) is 24.4 Å². The molecule has 1 aromatic heterocycles. The van der Waals surface area contributed by atoms with Crippen LogP contribution in [0.15, 0.2) is 47.1 Å². The minimum Gasteiger partial charge on any atom is -0.492 e. The standard InChI is InChI=1S/C20H23N5O4S/c21-20-19-16(23-30(27,28)24-20)4-1-5-17(19)29-13-15-3-2-10-25(12-15)18(26)11-14-6-8-22-9-7-14/h1,4-9,15,23H,2-3,10-13H2,(H2,21,24)/t15-/m0/s1. The monoisotopic (exact) mass is 429 g/mol. The molecule has 1 atom stereocenters. The van der Waals surface area contributed by atoms with Crippen LogP contribution in [0.4, 0.5) is 5.69 Å². The van der Waals surface area contributed by atoms with Crippen LogP contribution in [0.5, 0.6) is 5.75 Å². The Bertz CT molecular complexity index is 1070. The van der Waals surface area contributed by atoms with Gasteiger partial charge in [0, 0.05) is 31.4 Å². The quantitative estimate of drug-likeness (QED) is 0.738. The van der Waals surface area contributed by atoms with Gasteiger partial charge >= 0.3 is 10.2 Å². The molecule has 0 aliphatic carbocycles. The van der Waals surface area contributed by atoms with Crippen molar-refractivity contribution in [2.45, 2.75) is 19.3 Å². The molecule has 0 spiro atoms.